The van der Waals surface area contributed by atoms with Crippen LogP contribution in [-0.2, 0) is 0 Å². The number of ether oxygens (including phenoxy) is 1. The molecule has 0 fully saturated rings. The summed E-state index contributed by atoms with van der Waals surface area (Å²) in [4.78, 5) is 0. The van der Waals surface area contributed by atoms with Gasteiger partial charge in [-0.05, 0) is 46.7 Å². The van der Waals surface area contributed by atoms with E-state index in [0.717, 1.165) is 18.7 Å². The van der Waals surface area contributed by atoms with Gasteiger partial charge in [0.2, 0.25) is 0 Å². The van der Waals surface area contributed by atoms with Crippen LogP contribution in [0.5, 0.6) is 5.75 Å². The number of benzene rings is 1. The van der Waals surface area contributed by atoms with Crippen LogP contribution in [0.2, 0.25) is 0 Å². The van der Waals surface area contributed by atoms with E-state index in [4.69, 9.17) is 4.74 Å². The van der Waals surface area contributed by atoms with Gasteiger partial charge in [-0.3, -0.25) is 0 Å². The second-order valence-corrected chi connectivity index (χ2v) is 6.13. The van der Waals surface area contributed by atoms with Crippen LogP contribution >= 0.6 is 0 Å². The molecule has 0 saturated carbocycles. The Morgan fingerprint density at radius 3 is 2.65 bits per heavy atom. The fraction of sp³-hybridized carbons (Fsp3) is 0.647. The van der Waals surface area contributed by atoms with Gasteiger partial charge in [0, 0.05) is 18.0 Å². The first kappa shape index (κ1) is 17.0. The fourth-order valence-electron chi connectivity index (χ4n) is 2.02. The number of nitrogens with one attached hydrogen (secondary N) is 1. The summed E-state index contributed by atoms with van der Waals surface area (Å²) in [6.07, 6.45) is 1.74. The van der Waals surface area contributed by atoms with E-state index in [1.165, 1.54) is 11.1 Å². The Morgan fingerprint density at radius 2 is 2.05 bits per heavy atom. The van der Waals surface area contributed by atoms with E-state index in [0.29, 0.717) is 13.0 Å². The number of aliphatic hydroxyl groups is 1. The quantitative estimate of drug-likeness (QED) is 0.764. The molecule has 0 aliphatic carbocycles. The van der Waals surface area contributed by atoms with Crippen molar-refractivity contribution in [2.45, 2.75) is 59.1 Å². The molecule has 1 aromatic carbocycles. The first-order valence-electron chi connectivity index (χ1n) is 7.52. The second-order valence-electron chi connectivity index (χ2n) is 6.13. The van der Waals surface area contributed by atoms with Gasteiger partial charge in [0.05, 0.1) is 12.2 Å². The highest BCUT2D eigenvalue weighted by Gasteiger charge is 2.15. The molecule has 114 valence electrons. The third-order valence-corrected chi connectivity index (χ3v) is 3.30. The summed E-state index contributed by atoms with van der Waals surface area (Å²) in [5.41, 5.74) is 1.74. The van der Waals surface area contributed by atoms with E-state index < -0.39 is 5.60 Å². The molecule has 1 rings (SSSR count). The summed E-state index contributed by atoms with van der Waals surface area (Å²) >= 11 is 0. The first-order chi connectivity index (χ1) is 9.33. The molecule has 3 nitrogen and oxygen atoms in total. The Hall–Kier alpha value is -1.06. The zero-order valence-corrected chi connectivity index (χ0v) is 13.5. The standard InChI is InChI=1S/C17H29NO2/c1-6-10-18-14(3)15-12-13(2)7-8-16(15)20-11-9-17(4,5)19/h7-8,12,14,18-19H,6,9-11H2,1-5H3. The second kappa shape index (κ2) is 7.65. The van der Waals surface area contributed by atoms with E-state index in [-0.39, 0.29) is 6.04 Å². The summed E-state index contributed by atoms with van der Waals surface area (Å²) < 4.78 is 5.87. The molecule has 0 saturated heterocycles. The lowest BCUT2D eigenvalue weighted by Gasteiger charge is -2.21. The van der Waals surface area contributed by atoms with Crippen molar-refractivity contribution in [2.24, 2.45) is 0 Å². The van der Waals surface area contributed by atoms with Gasteiger partial charge in [0.1, 0.15) is 5.75 Å². The predicted molar refractivity (Wildman–Crippen MR) is 84.3 cm³/mol. The summed E-state index contributed by atoms with van der Waals surface area (Å²) in [6.45, 7) is 11.6. The van der Waals surface area contributed by atoms with Crippen LogP contribution in [0.15, 0.2) is 18.2 Å². The van der Waals surface area contributed by atoms with Gasteiger partial charge in [-0.25, -0.2) is 0 Å². The van der Waals surface area contributed by atoms with Crippen LogP contribution in [0.1, 0.15) is 57.7 Å². The van der Waals surface area contributed by atoms with Crippen molar-refractivity contribution in [1.82, 2.24) is 5.32 Å². The average Bonchev–Trinajstić information content (AvgIpc) is 2.36. The molecule has 0 aliphatic rings. The summed E-state index contributed by atoms with van der Waals surface area (Å²) in [6, 6.07) is 6.54. The highest BCUT2D eigenvalue weighted by atomic mass is 16.5. The summed E-state index contributed by atoms with van der Waals surface area (Å²) in [5.74, 6) is 0.913. The topological polar surface area (TPSA) is 41.5 Å². The third-order valence-electron chi connectivity index (χ3n) is 3.30. The summed E-state index contributed by atoms with van der Waals surface area (Å²) in [7, 11) is 0. The first-order valence-corrected chi connectivity index (χ1v) is 7.52. The largest absolute Gasteiger partial charge is 0.493 e. The molecule has 20 heavy (non-hydrogen) atoms. The molecule has 2 N–H and O–H groups in total. The average molecular weight is 279 g/mol. The lowest BCUT2D eigenvalue weighted by Crippen LogP contribution is -2.23. The molecule has 0 aliphatic heterocycles. The molecule has 0 aromatic heterocycles. The van der Waals surface area contributed by atoms with Crippen molar-refractivity contribution in [2.75, 3.05) is 13.2 Å². The molecule has 0 amide bonds. The molecule has 3 heteroatoms. The Kier molecular flexibility index (Phi) is 6.50. The van der Waals surface area contributed by atoms with E-state index in [1.807, 2.05) is 6.07 Å². The van der Waals surface area contributed by atoms with Gasteiger partial charge in [0.15, 0.2) is 0 Å². The Labute approximate surface area is 123 Å². The fourth-order valence-corrected chi connectivity index (χ4v) is 2.02. The minimum atomic E-state index is -0.684. The van der Waals surface area contributed by atoms with Gasteiger partial charge in [-0.1, -0.05) is 24.6 Å². The van der Waals surface area contributed by atoms with Crippen molar-refractivity contribution in [3.63, 3.8) is 0 Å². The van der Waals surface area contributed by atoms with Gasteiger partial charge in [-0.15, -0.1) is 0 Å². The monoisotopic (exact) mass is 279 g/mol. The molecular weight excluding hydrogens is 250 g/mol. The van der Waals surface area contributed by atoms with Crippen molar-refractivity contribution in [1.29, 1.82) is 0 Å². The number of hydrogen-bond acceptors (Lipinski definition) is 3. The number of rotatable bonds is 8. The molecule has 1 unspecified atom stereocenters. The molecule has 1 atom stereocenters. The highest BCUT2D eigenvalue weighted by molar-refractivity contribution is 5.39. The van der Waals surface area contributed by atoms with Crippen molar-refractivity contribution in [3.05, 3.63) is 29.3 Å². The Bertz CT molecular complexity index is 410. The zero-order chi connectivity index (χ0) is 15.2. The normalized spacial score (nSPS) is 13.3. The van der Waals surface area contributed by atoms with E-state index in [2.05, 4.69) is 38.2 Å². The minimum absolute atomic E-state index is 0.270. The summed E-state index contributed by atoms with van der Waals surface area (Å²) in [5, 5.41) is 13.2. The SMILES string of the molecule is CCCNC(C)c1cc(C)ccc1OCCC(C)(C)O. The maximum atomic E-state index is 9.74. The lowest BCUT2D eigenvalue weighted by molar-refractivity contribution is 0.0551. The number of aryl methyl sites for hydroxylation is 1. The molecule has 0 bridgehead atoms. The Balaban J connectivity index is 2.74. The third kappa shape index (κ3) is 5.93. The van der Waals surface area contributed by atoms with Crippen molar-refractivity contribution >= 4 is 0 Å². The van der Waals surface area contributed by atoms with Gasteiger partial charge in [-0.2, -0.15) is 0 Å². The smallest absolute Gasteiger partial charge is 0.124 e. The minimum Gasteiger partial charge on any atom is -0.493 e. The van der Waals surface area contributed by atoms with Crippen LogP contribution in [-0.4, -0.2) is 23.9 Å². The van der Waals surface area contributed by atoms with E-state index in [1.54, 1.807) is 13.8 Å². The predicted octanol–water partition coefficient (Wildman–Crippen LogP) is 3.60. The van der Waals surface area contributed by atoms with Crippen LogP contribution in [0.4, 0.5) is 0 Å². The van der Waals surface area contributed by atoms with Gasteiger partial charge in [0.25, 0.3) is 0 Å². The molecule has 1 aromatic rings. The van der Waals surface area contributed by atoms with Crippen molar-refractivity contribution < 1.29 is 9.84 Å². The van der Waals surface area contributed by atoms with Crippen LogP contribution < -0.4 is 10.1 Å². The van der Waals surface area contributed by atoms with E-state index in [9.17, 15) is 5.11 Å². The van der Waals surface area contributed by atoms with Crippen LogP contribution in [0.3, 0.4) is 0 Å². The molecule has 0 heterocycles. The van der Waals surface area contributed by atoms with Gasteiger partial charge < -0.3 is 15.2 Å². The zero-order valence-electron chi connectivity index (χ0n) is 13.5. The highest BCUT2D eigenvalue weighted by Crippen LogP contribution is 2.27. The molecule has 0 radical (unpaired) electrons. The van der Waals surface area contributed by atoms with Crippen LogP contribution in [0, 0.1) is 6.92 Å². The van der Waals surface area contributed by atoms with Crippen molar-refractivity contribution in [3.8, 4) is 5.75 Å². The van der Waals surface area contributed by atoms with Gasteiger partial charge >= 0.3 is 0 Å². The van der Waals surface area contributed by atoms with E-state index >= 15 is 0 Å². The maximum absolute atomic E-state index is 9.74. The Morgan fingerprint density at radius 1 is 1.35 bits per heavy atom. The number of hydrogen-bond donors (Lipinski definition) is 2. The molecule has 0 spiro atoms. The van der Waals surface area contributed by atoms with Crippen LogP contribution in [0.25, 0.3) is 0 Å². The molecular formula is C17H29NO2. The maximum Gasteiger partial charge on any atom is 0.124 e. The lowest BCUT2D eigenvalue weighted by atomic mass is 10.0.